The lowest BCUT2D eigenvalue weighted by Crippen LogP contribution is -2.37. The Morgan fingerprint density at radius 3 is 2.82 bits per heavy atom. The van der Waals surface area contributed by atoms with E-state index in [4.69, 9.17) is 4.74 Å². The number of aryl methyl sites for hydroxylation is 2. The first-order valence-corrected chi connectivity index (χ1v) is 7.96. The van der Waals surface area contributed by atoms with Crippen molar-refractivity contribution in [3.8, 4) is 0 Å². The average Bonchev–Trinajstić information content (AvgIpc) is 2.97. The Morgan fingerprint density at radius 2 is 2.05 bits per heavy atom. The molecule has 0 unspecified atom stereocenters. The average molecular weight is 417 g/mol. The van der Waals surface area contributed by atoms with Gasteiger partial charge in [-0.25, -0.2) is 0 Å². The lowest BCUT2D eigenvalue weighted by atomic mass is 10.1. The van der Waals surface area contributed by atoms with Crippen LogP contribution >= 0.6 is 24.0 Å². The van der Waals surface area contributed by atoms with Crippen LogP contribution in [0.4, 0.5) is 0 Å². The van der Waals surface area contributed by atoms with E-state index in [0.29, 0.717) is 0 Å². The second-order valence-corrected chi connectivity index (χ2v) is 5.36. The van der Waals surface area contributed by atoms with Gasteiger partial charge in [-0.2, -0.15) is 0 Å². The summed E-state index contributed by atoms with van der Waals surface area (Å²) in [4.78, 5) is 4.25. The Kier molecular flexibility index (Phi) is 9.47. The summed E-state index contributed by atoms with van der Waals surface area (Å²) in [5.74, 6) is 0.854. The van der Waals surface area contributed by atoms with Crippen LogP contribution in [0.3, 0.4) is 0 Å². The highest BCUT2D eigenvalue weighted by molar-refractivity contribution is 14.0. The standard InChI is InChI=1S/C17H27N3O.HI/c1-3-21-11-5-10-19-17(18-2)20-13-14-8-9-15-6-4-7-16(15)12-14;/h8-9,12H,3-7,10-11,13H2,1-2H3,(H2,18,19,20);1H. The van der Waals surface area contributed by atoms with E-state index < -0.39 is 0 Å². The van der Waals surface area contributed by atoms with Crippen LogP contribution in [0, 0.1) is 0 Å². The molecule has 22 heavy (non-hydrogen) atoms. The van der Waals surface area contributed by atoms with Gasteiger partial charge < -0.3 is 15.4 Å². The first kappa shape index (κ1) is 19.2. The molecule has 0 aromatic heterocycles. The normalized spacial score (nSPS) is 13.5. The number of ether oxygens (including phenoxy) is 1. The zero-order chi connectivity index (χ0) is 14.9. The van der Waals surface area contributed by atoms with Crippen LogP contribution in [-0.4, -0.2) is 32.8 Å². The summed E-state index contributed by atoms with van der Waals surface area (Å²) in [5, 5.41) is 6.68. The molecule has 2 N–H and O–H groups in total. The summed E-state index contributed by atoms with van der Waals surface area (Å²) in [6, 6.07) is 6.83. The third-order valence-corrected chi connectivity index (χ3v) is 3.81. The highest BCUT2D eigenvalue weighted by Gasteiger charge is 2.10. The lowest BCUT2D eigenvalue weighted by Gasteiger charge is -2.12. The van der Waals surface area contributed by atoms with Crippen molar-refractivity contribution in [1.29, 1.82) is 0 Å². The maximum Gasteiger partial charge on any atom is 0.191 e. The number of hydrogen-bond acceptors (Lipinski definition) is 2. The molecule has 0 spiro atoms. The van der Waals surface area contributed by atoms with Gasteiger partial charge in [-0.15, -0.1) is 24.0 Å². The number of halogens is 1. The number of guanidine groups is 1. The smallest absolute Gasteiger partial charge is 0.191 e. The Balaban J connectivity index is 0.00000242. The fourth-order valence-corrected chi connectivity index (χ4v) is 2.67. The Hall–Kier alpha value is -0.820. The van der Waals surface area contributed by atoms with Crippen molar-refractivity contribution in [2.45, 2.75) is 39.2 Å². The van der Waals surface area contributed by atoms with E-state index in [9.17, 15) is 0 Å². The molecule has 5 heteroatoms. The molecule has 0 fully saturated rings. The summed E-state index contributed by atoms with van der Waals surface area (Å²) in [5.41, 5.74) is 4.37. The largest absolute Gasteiger partial charge is 0.382 e. The molecule has 0 saturated heterocycles. The van der Waals surface area contributed by atoms with Crippen molar-refractivity contribution < 1.29 is 4.74 Å². The molecule has 1 aliphatic rings. The molecule has 1 aliphatic carbocycles. The fourth-order valence-electron chi connectivity index (χ4n) is 2.67. The second kappa shape index (κ2) is 10.8. The van der Waals surface area contributed by atoms with Crippen LogP contribution < -0.4 is 10.6 Å². The van der Waals surface area contributed by atoms with E-state index in [1.165, 1.54) is 36.0 Å². The Morgan fingerprint density at radius 1 is 1.23 bits per heavy atom. The topological polar surface area (TPSA) is 45.6 Å². The number of aliphatic imine (C=N–C) groups is 1. The van der Waals surface area contributed by atoms with Gasteiger partial charge in [0.05, 0.1) is 0 Å². The number of benzene rings is 1. The SMILES string of the molecule is CCOCCCNC(=NC)NCc1ccc2c(c1)CCC2.I. The maximum atomic E-state index is 5.32. The molecular formula is C17H28IN3O. The van der Waals surface area contributed by atoms with Crippen LogP contribution in [0.5, 0.6) is 0 Å². The molecule has 0 bridgehead atoms. The van der Waals surface area contributed by atoms with Crippen molar-refractivity contribution in [1.82, 2.24) is 10.6 Å². The van der Waals surface area contributed by atoms with Crippen molar-refractivity contribution in [3.05, 3.63) is 34.9 Å². The molecule has 1 aromatic rings. The molecule has 0 saturated carbocycles. The van der Waals surface area contributed by atoms with E-state index in [2.05, 4.69) is 33.8 Å². The fraction of sp³-hybridized carbons (Fsp3) is 0.588. The van der Waals surface area contributed by atoms with Crippen molar-refractivity contribution in [2.75, 3.05) is 26.8 Å². The summed E-state index contributed by atoms with van der Waals surface area (Å²) in [6.45, 7) is 5.30. The maximum absolute atomic E-state index is 5.32. The number of nitrogens with zero attached hydrogens (tertiary/aromatic N) is 1. The van der Waals surface area contributed by atoms with Gasteiger partial charge in [-0.05, 0) is 49.3 Å². The van der Waals surface area contributed by atoms with Gasteiger partial charge in [0, 0.05) is 33.4 Å². The first-order valence-electron chi connectivity index (χ1n) is 7.96. The molecule has 0 aliphatic heterocycles. The van der Waals surface area contributed by atoms with Crippen LogP contribution in [0.25, 0.3) is 0 Å². The van der Waals surface area contributed by atoms with Gasteiger partial charge in [-0.3, -0.25) is 4.99 Å². The Bertz CT molecular complexity index is 477. The van der Waals surface area contributed by atoms with E-state index in [1.807, 2.05) is 6.92 Å². The molecule has 0 atom stereocenters. The van der Waals surface area contributed by atoms with Gasteiger partial charge in [0.25, 0.3) is 0 Å². The van der Waals surface area contributed by atoms with Crippen LogP contribution in [0.2, 0.25) is 0 Å². The zero-order valence-electron chi connectivity index (χ0n) is 13.7. The minimum Gasteiger partial charge on any atom is -0.382 e. The zero-order valence-corrected chi connectivity index (χ0v) is 16.0. The van der Waals surface area contributed by atoms with Gasteiger partial charge in [0.1, 0.15) is 0 Å². The number of hydrogen-bond donors (Lipinski definition) is 2. The quantitative estimate of drug-likeness (QED) is 0.311. The van der Waals surface area contributed by atoms with Gasteiger partial charge in [-0.1, -0.05) is 18.2 Å². The monoisotopic (exact) mass is 417 g/mol. The van der Waals surface area contributed by atoms with Gasteiger partial charge in [0.2, 0.25) is 0 Å². The molecular weight excluding hydrogens is 389 g/mol. The van der Waals surface area contributed by atoms with E-state index in [0.717, 1.165) is 38.7 Å². The minimum atomic E-state index is 0. The number of rotatable bonds is 7. The lowest BCUT2D eigenvalue weighted by molar-refractivity contribution is 0.145. The molecule has 124 valence electrons. The summed E-state index contributed by atoms with van der Waals surface area (Å²) >= 11 is 0. The highest BCUT2D eigenvalue weighted by atomic mass is 127. The molecule has 0 heterocycles. The molecule has 2 rings (SSSR count). The molecule has 4 nitrogen and oxygen atoms in total. The summed E-state index contributed by atoms with van der Waals surface area (Å²) in [6.07, 6.45) is 4.77. The third kappa shape index (κ3) is 6.12. The van der Waals surface area contributed by atoms with E-state index >= 15 is 0 Å². The Labute approximate surface area is 151 Å². The molecule has 0 amide bonds. The second-order valence-electron chi connectivity index (χ2n) is 5.36. The van der Waals surface area contributed by atoms with Crippen molar-refractivity contribution >= 4 is 29.9 Å². The van der Waals surface area contributed by atoms with Crippen LogP contribution in [0.15, 0.2) is 23.2 Å². The first-order chi connectivity index (χ1) is 10.3. The predicted octanol–water partition coefficient (Wildman–Crippen LogP) is 2.88. The molecule has 1 aromatic carbocycles. The number of fused-ring (bicyclic) bond motifs is 1. The van der Waals surface area contributed by atoms with Crippen LogP contribution in [-0.2, 0) is 24.1 Å². The summed E-state index contributed by atoms with van der Waals surface area (Å²) in [7, 11) is 1.81. The summed E-state index contributed by atoms with van der Waals surface area (Å²) < 4.78 is 5.32. The van der Waals surface area contributed by atoms with Crippen molar-refractivity contribution in [3.63, 3.8) is 0 Å². The van der Waals surface area contributed by atoms with Gasteiger partial charge in [0.15, 0.2) is 5.96 Å². The third-order valence-electron chi connectivity index (χ3n) is 3.81. The molecule has 0 radical (unpaired) electrons. The predicted molar refractivity (Wildman–Crippen MR) is 103 cm³/mol. The van der Waals surface area contributed by atoms with Crippen LogP contribution in [0.1, 0.15) is 36.5 Å². The minimum absolute atomic E-state index is 0. The van der Waals surface area contributed by atoms with Gasteiger partial charge >= 0.3 is 0 Å². The van der Waals surface area contributed by atoms with Crippen molar-refractivity contribution in [2.24, 2.45) is 4.99 Å². The van der Waals surface area contributed by atoms with E-state index in [1.54, 1.807) is 7.05 Å². The highest BCUT2D eigenvalue weighted by Crippen LogP contribution is 2.22. The van der Waals surface area contributed by atoms with E-state index in [-0.39, 0.29) is 24.0 Å². The number of nitrogens with one attached hydrogen (secondary N) is 2.